The third kappa shape index (κ3) is 5.68. The van der Waals surface area contributed by atoms with E-state index in [2.05, 4.69) is 36.9 Å². The van der Waals surface area contributed by atoms with Crippen LogP contribution < -0.4 is 9.21 Å². The van der Waals surface area contributed by atoms with Gasteiger partial charge in [-0.05, 0) is 73.0 Å². The molecule has 4 aromatic rings. The highest BCUT2D eigenvalue weighted by Crippen LogP contribution is 2.27. The van der Waals surface area contributed by atoms with Crippen molar-refractivity contribution in [3.63, 3.8) is 0 Å². The van der Waals surface area contributed by atoms with Crippen molar-refractivity contribution in [3.05, 3.63) is 125 Å². The number of para-hydroxylation sites is 1. The van der Waals surface area contributed by atoms with Crippen molar-refractivity contribution in [2.24, 2.45) is 0 Å². The zero-order valence-corrected chi connectivity index (χ0v) is 23.1. The number of carbonyl (C=O) groups is 1. The van der Waals surface area contributed by atoms with E-state index in [4.69, 9.17) is 0 Å². The quantitative estimate of drug-likeness (QED) is 0.304. The maximum atomic E-state index is 13.5. The summed E-state index contributed by atoms with van der Waals surface area (Å²) in [6.07, 6.45) is 0. The van der Waals surface area contributed by atoms with Crippen LogP contribution in [0.1, 0.15) is 27.0 Å². The average molecular weight is 540 g/mol. The Morgan fingerprint density at radius 3 is 2.00 bits per heavy atom. The van der Waals surface area contributed by atoms with E-state index in [1.165, 1.54) is 21.1 Å². The molecule has 0 radical (unpaired) electrons. The zero-order chi connectivity index (χ0) is 27.4. The van der Waals surface area contributed by atoms with Crippen LogP contribution in [-0.2, 0) is 16.6 Å². The highest BCUT2D eigenvalue weighted by Gasteiger charge is 2.26. The SMILES string of the molecule is Cc1cccc(N2CCN(C(=O)c3ccc(CN(c4ccccc4)S(=O)(=O)c4ccccc4)cc3)CC2)c1C. The molecule has 1 aliphatic rings. The van der Waals surface area contributed by atoms with Crippen LogP contribution in [0, 0.1) is 13.8 Å². The number of aryl methyl sites for hydroxylation is 1. The largest absolute Gasteiger partial charge is 0.368 e. The van der Waals surface area contributed by atoms with Crippen molar-refractivity contribution in [2.75, 3.05) is 35.4 Å². The van der Waals surface area contributed by atoms with Crippen molar-refractivity contribution in [1.29, 1.82) is 0 Å². The predicted molar refractivity (Wildman–Crippen MR) is 157 cm³/mol. The third-order valence-electron chi connectivity index (χ3n) is 7.39. The van der Waals surface area contributed by atoms with Crippen LogP contribution in [0.4, 0.5) is 11.4 Å². The maximum absolute atomic E-state index is 13.5. The minimum atomic E-state index is -3.78. The molecule has 0 aromatic heterocycles. The number of hydrogen-bond acceptors (Lipinski definition) is 4. The number of hydrogen-bond donors (Lipinski definition) is 0. The first-order valence-electron chi connectivity index (χ1n) is 13.2. The first-order chi connectivity index (χ1) is 18.8. The summed E-state index contributed by atoms with van der Waals surface area (Å²) in [4.78, 5) is 17.7. The monoisotopic (exact) mass is 539 g/mol. The van der Waals surface area contributed by atoms with Crippen molar-refractivity contribution in [1.82, 2.24) is 4.90 Å². The molecule has 1 saturated heterocycles. The van der Waals surface area contributed by atoms with E-state index in [9.17, 15) is 13.2 Å². The maximum Gasteiger partial charge on any atom is 0.264 e. The highest BCUT2D eigenvalue weighted by molar-refractivity contribution is 7.92. The molecule has 0 aliphatic carbocycles. The van der Waals surface area contributed by atoms with Gasteiger partial charge in [-0.25, -0.2) is 8.42 Å². The van der Waals surface area contributed by atoms with Gasteiger partial charge < -0.3 is 9.80 Å². The van der Waals surface area contributed by atoms with Gasteiger partial charge in [-0.3, -0.25) is 9.10 Å². The summed E-state index contributed by atoms with van der Waals surface area (Å²) < 4.78 is 28.5. The van der Waals surface area contributed by atoms with E-state index < -0.39 is 10.0 Å². The Kier molecular flexibility index (Phi) is 7.70. The molecular formula is C32H33N3O3S. The molecule has 39 heavy (non-hydrogen) atoms. The molecule has 0 atom stereocenters. The Bertz CT molecular complexity index is 1530. The third-order valence-corrected chi connectivity index (χ3v) is 9.17. The summed E-state index contributed by atoms with van der Waals surface area (Å²) in [5.41, 5.74) is 5.79. The van der Waals surface area contributed by atoms with Crippen LogP contribution in [0.5, 0.6) is 0 Å². The van der Waals surface area contributed by atoms with Crippen LogP contribution in [-0.4, -0.2) is 45.4 Å². The predicted octanol–water partition coefficient (Wildman–Crippen LogP) is 5.66. The zero-order valence-electron chi connectivity index (χ0n) is 22.3. The fourth-order valence-corrected chi connectivity index (χ4v) is 6.43. The highest BCUT2D eigenvalue weighted by atomic mass is 32.2. The summed E-state index contributed by atoms with van der Waals surface area (Å²) in [5.74, 6) is -0.000938. The van der Waals surface area contributed by atoms with Crippen LogP contribution in [0.3, 0.4) is 0 Å². The number of sulfonamides is 1. The molecule has 1 fully saturated rings. The van der Waals surface area contributed by atoms with Gasteiger partial charge in [-0.2, -0.15) is 0 Å². The standard InChI is InChI=1S/C32H33N3O3S/c1-25-10-9-15-31(26(25)2)33-20-22-34(23-21-33)32(36)28-18-16-27(17-19-28)24-35(29-11-5-3-6-12-29)39(37,38)30-13-7-4-8-14-30/h3-19H,20-24H2,1-2H3. The Morgan fingerprint density at radius 1 is 0.744 bits per heavy atom. The number of amides is 1. The average Bonchev–Trinajstić information content (AvgIpc) is 2.98. The van der Waals surface area contributed by atoms with Gasteiger partial charge in [0.2, 0.25) is 0 Å². The molecule has 5 rings (SSSR count). The summed E-state index contributed by atoms with van der Waals surface area (Å²) >= 11 is 0. The van der Waals surface area contributed by atoms with Crippen LogP contribution in [0.25, 0.3) is 0 Å². The van der Waals surface area contributed by atoms with E-state index in [-0.39, 0.29) is 17.3 Å². The van der Waals surface area contributed by atoms with Crippen LogP contribution in [0.15, 0.2) is 108 Å². The fourth-order valence-electron chi connectivity index (χ4n) is 4.96. The van der Waals surface area contributed by atoms with Crippen LogP contribution >= 0.6 is 0 Å². The van der Waals surface area contributed by atoms with Crippen molar-refractivity contribution < 1.29 is 13.2 Å². The normalized spacial score (nSPS) is 13.8. The van der Waals surface area contributed by atoms with Gasteiger partial charge in [-0.1, -0.05) is 60.7 Å². The first kappa shape index (κ1) is 26.5. The molecule has 4 aromatic carbocycles. The number of rotatable bonds is 7. The van der Waals surface area contributed by atoms with Crippen molar-refractivity contribution in [3.8, 4) is 0 Å². The molecule has 1 amide bonds. The van der Waals surface area contributed by atoms with E-state index in [1.54, 1.807) is 54.6 Å². The van der Waals surface area contributed by atoms with Gasteiger partial charge in [0.15, 0.2) is 0 Å². The lowest BCUT2D eigenvalue weighted by atomic mass is 10.1. The molecule has 0 N–H and O–H groups in total. The fraction of sp³-hybridized carbons (Fsp3) is 0.219. The minimum absolute atomic E-state index is 0.000938. The molecule has 6 nitrogen and oxygen atoms in total. The van der Waals surface area contributed by atoms with Crippen LogP contribution in [0.2, 0.25) is 0 Å². The molecule has 0 spiro atoms. The molecule has 0 bridgehead atoms. The van der Waals surface area contributed by atoms with Gasteiger partial charge in [0.1, 0.15) is 0 Å². The Hall–Kier alpha value is -4.10. The van der Waals surface area contributed by atoms with Gasteiger partial charge in [0, 0.05) is 37.4 Å². The lowest BCUT2D eigenvalue weighted by Gasteiger charge is -2.37. The summed E-state index contributed by atoms with van der Waals surface area (Å²) in [5, 5.41) is 0. The van der Waals surface area contributed by atoms with Crippen molar-refractivity contribution in [2.45, 2.75) is 25.3 Å². The molecular weight excluding hydrogens is 506 g/mol. The Balaban J connectivity index is 1.29. The van der Waals surface area contributed by atoms with Gasteiger partial charge in [-0.15, -0.1) is 0 Å². The van der Waals surface area contributed by atoms with E-state index in [0.29, 0.717) is 24.3 Å². The molecule has 1 heterocycles. The van der Waals surface area contributed by atoms with Gasteiger partial charge in [0.25, 0.3) is 15.9 Å². The number of benzene rings is 4. The molecule has 0 unspecified atom stereocenters. The minimum Gasteiger partial charge on any atom is -0.368 e. The smallest absolute Gasteiger partial charge is 0.264 e. The molecule has 1 aliphatic heterocycles. The molecule has 200 valence electrons. The Morgan fingerprint density at radius 2 is 1.36 bits per heavy atom. The number of carbonyl (C=O) groups excluding carboxylic acids is 1. The van der Waals surface area contributed by atoms with Crippen molar-refractivity contribution >= 4 is 27.3 Å². The number of piperazine rings is 1. The Labute approximate surface area is 231 Å². The second-order valence-electron chi connectivity index (χ2n) is 9.86. The van der Waals surface area contributed by atoms with E-state index in [1.807, 2.05) is 35.2 Å². The molecule has 7 heteroatoms. The summed E-state index contributed by atoms with van der Waals surface area (Å²) in [7, 11) is -3.78. The lowest BCUT2D eigenvalue weighted by Crippen LogP contribution is -2.49. The van der Waals surface area contributed by atoms with Gasteiger partial charge in [0.05, 0.1) is 17.1 Å². The second kappa shape index (κ2) is 11.3. The topological polar surface area (TPSA) is 60.9 Å². The summed E-state index contributed by atoms with van der Waals surface area (Å²) in [6, 6.07) is 31.2. The molecule has 0 saturated carbocycles. The van der Waals surface area contributed by atoms with E-state index in [0.717, 1.165) is 18.7 Å². The summed E-state index contributed by atoms with van der Waals surface area (Å²) in [6.45, 7) is 7.32. The number of anilines is 2. The van der Waals surface area contributed by atoms with E-state index >= 15 is 0 Å². The number of nitrogens with zero attached hydrogens (tertiary/aromatic N) is 3. The second-order valence-corrected chi connectivity index (χ2v) is 11.7. The van der Waals surface area contributed by atoms with Gasteiger partial charge >= 0.3 is 0 Å². The first-order valence-corrected chi connectivity index (χ1v) is 14.6. The lowest BCUT2D eigenvalue weighted by molar-refractivity contribution is 0.0746.